The molecule has 68 valence electrons. The topological polar surface area (TPSA) is 3.24 Å². The SMILES string of the molecule is CN(C)CC1(C)CC2C=CC1C2. The standard InChI is InChI=1S/C11H19N/c1-11(8-12(2)3)7-9-4-5-10(11)6-9/h4-5,9-10H,6-8H2,1-3H3. The van der Waals surface area contributed by atoms with Crippen molar-refractivity contribution in [1.29, 1.82) is 0 Å². The lowest BCUT2D eigenvalue weighted by Crippen LogP contribution is -2.34. The Morgan fingerprint density at radius 3 is 2.58 bits per heavy atom. The van der Waals surface area contributed by atoms with Crippen LogP contribution in [0.1, 0.15) is 19.8 Å². The van der Waals surface area contributed by atoms with Gasteiger partial charge in [-0.15, -0.1) is 0 Å². The van der Waals surface area contributed by atoms with Crippen molar-refractivity contribution in [3.8, 4) is 0 Å². The maximum absolute atomic E-state index is 2.45. The van der Waals surface area contributed by atoms with E-state index in [9.17, 15) is 0 Å². The summed E-state index contributed by atoms with van der Waals surface area (Å²) in [6.45, 7) is 3.69. The zero-order chi connectivity index (χ0) is 8.77. The summed E-state index contributed by atoms with van der Waals surface area (Å²) in [4.78, 5) is 2.33. The van der Waals surface area contributed by atoms with Crippen LogP contribution in [0, 0.1) is 17.3 Å². The first-order valence-electron chi connectivity index (χ1n) is 4.93. The van der Waals surface area contributed by atoms with E-state index in [2.05, 4.69) is 38.1 Å². The van der Waals surface area contributed by atoms with E-state index in [0.717, 1.165) is 11.8 Å². The molecule has 0 spiro atoms. The Morgan fingerprint density at radius 1 is 1.42 bits per heavy atom. The fourth-order valence-corrected chi connectivity index (χ4v) is 3.10. The number of allylic oxidation sites excluding steroid dienone is 2. The molecule has 0 saturated heterocycles. The summed E-state index contributed by atoms with van der Waals surface area (Å²) >= 11 is 0. The van der Waals surface area contributed by atoms with Crippen LogP contribution in [0.3, 0.4) is 0 Å². The summed E-state index contributed by atoms with van der Waals surface area (Å²) in [5, 5.41) is 0. The van der Waals surface area contributed by atoms with Gasteiger partial charge in [0.2, 0.25) is 0 Å². The van der Waals surface area contributed by atoms with Crippen LogP contribution < -0.4 is 0 Å². The summed E-state index contributed by atoms with van der Waals surface area (Å²) in [5.41, 5.74) is 0.572. The molecule has 1 nitrogen and oxygen atoms in total. The van der Waals surface area contributed by atoms with Crippen LogP contribution in [0.2, 0.25) is 0 Å². The first-order valence-corrected chi connectivity index (χ1v) is 4.93. The lowest BCUT2D eigenvalue weighted by molar-refractivity contribution is 0.181. The lowest BCUT2D eigenvalue weighted by Gasteiger charge is -2.34. The Hall–Kier alpha value is -0.300. The number of fused-ring (bicyclic) bond motifs is 2. The van der Waals surface area contributed by atoms with Crippen LogP contribution in [0.15, 0.2) is 12.2 Å². The zero-order valence-electron chi connectivity index (χ0n) is 8.38. The molecule has 1 heteroatoms. The van der Waals surface area contributed by atoms with Crippen LogP contribution in [0.25, 0.3) is 0 Å². The molecular formula is C11H19N. The second-order valence-corrected chi connectivity index (χ2v) is 5.08. The molecule has 12 heavy (non-hydrogen) atoms. The highest BCUT2D eigenvalue weighted by Gasteiger charge is 2.44. The minimum atomic E-state index is 0.572. The van der Waals surface area contributed by atoms with E-state index in [0.29, 0.717) is 5.41 Å². The molecule has 2 rings (SSSR count). The minimum Gasteiger partial charge on any atom is -0.309 e. The highest BCUT2D eigenvalue weighted by atomic mass is 15.1. The maximum atomic E-state index is 2.45. The molecule has 2 aliphatic carbocycles. The predicted octanol–water partition coefficient (Wildman–Crippen LogP) is 2.15. The lowest BCUT2D eigenvalue weighted by atomic mass is 9.77. The van der Waals surface area contributed by atoms with E-state index in [4.69, 9.17) is 0 Å². The Bertz CT molecular complexity index is 207. The van der Waals surface area contributed by atoms with Gasteiger partial charge in [0, 0.05) is 6.54 Å². The van der Waals surface area contributed by atoms with Gasteiger partial charge in [0.1, 0.15) is 0 Å². The molecule has 0 aromatic heterocycles. The monoisotopic (exact) mass is 165 g/mol. The van der Waals surface area contributed by atoms with E-state index in [1.807, 2.05) is 0 Å². The molecule has 0 aromatic rings. The summed E-state index contributed by atoms with van der Waals surface area (Å²) in [6.07, 6.45) is 7.69. The van der Waals surface area contributed by atoms with Gasteiger partial charge in [-0.3, -0.25) is 0 Å². The third-order valence-corrected chi connectivity index (χ3v) is 3.47. The molecule has 3 atom stereocenters. The number of hydrogen-bond acceptors (Lipinski definition) is 1. The second kappa shape index (κ2) is 2.59. The fourth-order valence-electron chi connectivity index (χ4n) is 3.10. The normalized spacial score (nSPS) is 44.7. The maximum Gasteiger partial charge on any atom is 0.00351 e. The summed E-state index contributed by atoms with van der Waals surface area (Å²) in [6, 6.07) is 0. The van der Waals surface area contributed by atoms with Gasteiger partial charge in [0.25, 0.3) is 0 Å². The molecule has 0 aliphatic heterocycles. The average Bonchev–Trinajstić information content (AvgIpc) is 2.42. The van der Waals surface area contributed by atoms with Gasteiger partial charge in [0.15, 0.2) is 0 Å². The van der Waals surface area contributed by atoms with Crippen LogP contribution in [0.4, 0.5) is 0 Å². The van der Waals surface area contributed by atoms with Crippen molar-refractivity contribution in [2.45, 2.75) is 19.8 Å². The van der Waals surface area contributed by atoms with Crippen molar-refractivity contribution in [3.05, 3.63) is 12.2 Å². The summed E-state index contributed by atoms with van der Waals surface area (Å²) in [7, 11) is 4.36. The molecule has 0 heterocycles. The molecule has 0 amide bonds. The number of rotatable bonds is 2. The Balaban J connectivity index is 2.08. The van der Waals surface area contributed by atoms with Gasteiger partial charge >= 0.3 is 0 Å². The van der Waals surface area contributed by atoms with E-state index in [1.165, 1.54) is 19.4 Å². The van der Waals surface area contributed by atoms with Crippen molar-refractivity contribution in [3.63, 3.8) is 0 Å². The van der Waals surface area contributed by atoms with Gasteiger partial charge in [-0.05, 0) is 44.2 Å². The first-order chi connectivity index (χ1) is 5.60. The highest BCUT2D eigenvalue weighted by Crippen LogP contribution is 2.51. The second-order valence-electron chi connectivity index (χ2n) is 5.08. The highest BCUT2D eigenvalue weighted by molar-refractivity contribution is 5.14. The molecule has 3 unspecified atom stereocenters. The van der Waals surface area contributed by atoms with Gasteiger partial charge in [-0.25, -0.2) is 0 Å². The third kappa shape index (κ3) is 1.20. The van der Waals surface area contributed by atoms with Crippen molar-refractivity contribution in [1.82, 2.24) is 4.90 Å². The van der Waals surface area contributed by atoms with E-state index >= 15 is 0 Å². The Morgan fingerprint density at radius 2 is 2.17 bits per heavy atom. The minimum absolute atomic E-state index is 0.572. The largest absolute Gasteiger partial charge is 0.309 e. The van der Waals surface area contributed by atoms with E-state index in [1.54, 1.807) is 0 Å². The predicted molar refractivity (Wildman–Crippen MR) is 52.0 cm³/mol. The Kier molecular flexibility index (Phi) is 1.80. The molecule has 2 aliphatic rings. The van der Waals surface area contributed by atoms with Crippen LogP contribution >= 0.6 is 0 Å². The van der Waals surface area contributed by atoms with Crippen LogP contribution in [-0.2, 0) is 0 Å². The van der Waals surface area contributed by atoms with Crippen molar-refractivity contribution in [2.75, 3.05) is 20.6 Å². The molecule has 1 saturated carbocycles. The fraction of sp³-hybridized carbons (Fsp3) is 0.818. The molecule has 0 N–H and O–H groups in total. The summed E-state index contributed by atoms with van der Waals surface area (Å²) in [5.74, 6) is 1.77. The molecule has 0 aromatic carbocycles. The number of nitrogens with zero attached hydrogens (tertiary/aromatic N) is 1. The van der Waals surface area contributed by atoms with Crippen molar-refractivity contribution >= 4 is 0 Å². The smallest absolute Gasteiger partial charge is 0.00351 e. The molecular weight excluding hydrogens is 146 g/mol. The van der Waals surface area contributed by atoms with Gasteiger partial charge < -0.3 is 4.90 Å². The molecule has 2 bridgehead atoms. The molecule has 1 fully saturated rings. The van der Waals surface area contributed by atoms with Crippen LogP contribution in [0.5, 0.6) is 0 Å². The van der Waals surface area contributed by atoms with Crippen molar-refractivity contribution < 1.29 is 0 Å². The van der Waals surface area contributed by atoms with E-state index in [-0.39, 0.29) is 0 Å². The number of hydrogen-bond donors (Lipinski definition) is 0. The van der Waals surface area contributed by atoms with Gasteiger partial charge in [-0.2, -0.15) is 0 Å². The van der Waals surface area contributed by atoms with Gasteiger partial charge in [0.05, 0.1) is 0 Å². The molecule has 0 radical (unpaired) electrons. The van der Waals surface area contributed by atoms with Crippen molar-refractivity contribution in [2.24, 2.45) is 17.3 Å². The zero-order valence-corrected chi connectivity index (χ0v) is 8.38. The quantitative estimate of drug-likeness (QED) is 0.567. The summed E-state index contributed by atoms with van der Waals surface area (Å²) < 4.78 is 0. The van der Waals surface area contributed by atoms with Gasteiger partial charge in [-0.1, -0.05) is 19.1 Å². The average molecular weight is 165 g/mol. The Labute approximate surface area is 75.4 Å². The van der Waals surface area contributed by atoms with Crippen LogP contribution in [-0.4, -0.2) is 25.5 Å². The first kappa shape index (κ1) is 8.31. The van der Waals surface area contributed by atoms with E-state index < -0.39 is 0 Å². The third-order valence-electron chi connectivity index (χ3n) is 3.47.